The van der Waals surface area contributed by atoms with E-state index < -0.39 is 11.8 Å². The van der Waals surface area contributed by atoms with E-state index in [0.29, 0.717) is 17.7 Å². The Hall–Kier alpha value is -2.11. The quantitative estimate of drug-likeness (QED) is 0.601. The summed E-state index contributed by atoms with van der Waals surface area (Å²) in [5, 5.41) is 5.08. The molecular weight excluding hydrogens is 311 g/mol. The molecule has 24 heavy (non-hydrogen) atoms. The minimum Gasteiger partial charge on any atom is -0.468 e. The van der Waals surface area contributed by atoms with Gasteiger partial charge in [0.05, 0.1) is 7.11 Å². The molecule has 140 valence electrons. The van der Waals surface area contributed by atoms with Gasteiger partial charge in [0.15, 0.2) is 0 Å². The monoisotopic (exact) mass is 344 g/mol. The average Bonchev–Trinajstić information content (AvgIpc) is 2.63. The van der Waals surface area contributed by atoms with Crippen molar-refractivity contribution < 1.29 is 18.7 Å². The van der Waals surface area contributed by atoms with Crippen LogP contribution in [0.25, 0.3) is 0 Å². The number of carbonyl (C=O) groups excluding carboxylic acids is 2. The maximum atomic E-state index is 13.5. The minimum atomic E-state index is -0.450. The molecule has 0 radical (unpaired) electrons. The largest absolute Gasteiger partial charge is 0.468 e. The number of benzene rings is 1. The lowest BCUT2D eigenvalue weighted by molar-refractivity contribution is -0.138. The van der Waals surface area contributed by atoms with E-state index in [0.717, 1.165) is 0 Å². The molecule has 0 unspecified atom stereocenters. The molecule has 0 aromatic heterocycles. The van der Waals surface area contributed by atoms with Crippen LogP contribution in [0.4, 0.5) is 10.1 Å². The Bertz CT molecular complexity index is 427. The standard InChI is InChI=1S/C11H13FN2O3.C3H8.2C2H6/c1-17-11(16)6-14-9-3-2-8(5-13-7-15)10(12)4-9;1-3-2;2*1-2/h2-4,7,14H,5-6H2,1H3,(H,13,15);3H2,1-2H3;2*1-2H3. The fourth-order valence-electron chi connectivity index (χ4n) is 1.20. The Morgan fingerprint density at radius 2 is 1.75 bits per heavy atom. The van der Waals surface area contributed by atoms with E-state index in [1.807, 2.05) is 27.7 Å². The molecule has 0 saturated heterocycles. The average molecular weight is 344 g/mol. The predicted octanol–water partition coefficient (Wildman–Crippen LogP) is 4.13. The van der Waals surface area contributed by atoms with Gasteiger partial charge >= 0.3 is 5.97 Å². The summed E-state index contributed by atoms with van der Waals surface area (Å²) in [6, 6.07) is 4.41. The summed E-state index contributed by atoms with van der Waals surface area (Å²) >= 11 is 0. The van der Waals surface area contributed by atoms with Crippen LogP contribution in [0, 0.1) is 5.82 Å². The second kappa shape index (κ2) is 20.9. The van der Waals surface area contributed by atoms with E-state index in [1.165, 1.54) is 25.7 Å². The molecule has 0 fully saturated rings. The Labute approximate surface area is 146 Å². The first-order valence-corrected chi connectivity index (χ1v) is 8.35. The van der Waals surface area contributed by atoms with Gasteiger partial charge in [0.2, 0.25) is 6.41 Å². The highest BCUT2D eigenvalue weighted by Gasteiger charge is 2.04. The van der Waals surface area contributed by atoms with Crippen LogP contribution in [0.15, 0.2) is 18.2 Å². The molecule has 0 atom stereocenters. The lowest BCUT2D eigenvalue weighted by Crippen LogP contribution is -2.15. The van der Waals surface area contributed by atoms with Crippen molar-refractivity contribution in [2.45, 2.75) is 54.5 Å². The van der Waals surface area contributed by atoms with Crippen molar-refractivity contribution in [1.29, 1.82) is 0 Å². The molecule has 6 heteroatoms. The van der Waals surface area contributed by atoms with E-state index >= 15 is 0 Å². The smallest absolute Gasteiger partial charge is 0.325 e. The first-order chi connectivity index (χ1) is 11.6. The summed E-state index contributed by atoms with van der Waals surface area (Å²) in [5.41, 5.74) is 0.850. The highest BCUT2D eigenvalue weighted by atomic mass is 19.1. The number of carbonyl (C=O) groups is 2. The van der Waals surface area contributed by atoms with Crippen molar-refractivity contribution in [2.24, 2.45) is 0 Å². The number of hydrogen-bond donors (Lipinski definition) is 2. The van der Waals surface area contributed by atoms with Crippen LogP contribution < -0.4 is 10.6 Å². The maximum absolute atomic E-state index is 13.5. The van der Waals surface area contributed by atoms with Crippen LogP contribution in [0.5, 0.6) is 0 Å². The zero-order valence-corrected chi connectivity index (χ0v) is 16.0. The number of nitrogens with one attached hydrogen (secondary N) is 2. The number of ether oxygens (including phenoxy) is 1. The van der Waals surface area contributed by atoms with Gasteiger partial charge in [0.25, 0.3) is 0 Å². The Balaban J connectivity index is -0.000000549. The van der Waals surface area contributed by atoms with Crippen LogP contribution >= 0.6 is 0 Å². The van der Waals surface area contributed by atoms with Crippen molar-refractivity contribution in [2.75, 3.05) is 19.0 Å². The topological polar surface area (TPSA) is 67.4 Å². The van der Waals surface area contributed by atoms with Crippen LogP contribution in [-0.2, 0) is 20.9 Å². The summed E-state index contributed by atoms with van der Waals surface area (Å²) in [5.74, 6) is -0.883. The number of esters is 1. The van der Waals surface area contributed by atoms with Gasteiger partial charge in [-0.1, -0.05) is 54.0 Å². The highest BCUT2D eigenvalue weighted by molar-refractivity contribution is 5.74. The van der Waals surface area contributed by atoms with E-state index in [-0.39, 0.29) is 13.1 Å². The lowest BCUT2D eigenvalue weighted by Gasteiger charge is -2.07. The number of hydrogen-bond acceptors (Lipinski definition) is 4. The second-order valence-corrected chi connectivity index (χ2v) is 3.94. The number of anilines is 1. The van der Waals surface area contributed by atoms with E-state index in [9.17, 15) is 14.0 Å². The van der Waals surface area contributed by atoms with Crippen molar-refractivity contribution in [3.05, 3.63) is 29.6 Å². The summed E-state index contributed by atoms with van der Waals surface area (Å²) in [7, 11) is 1.28. The number of rotatable bonds is 6. The van der Waals surface area contributed by atoms with Gasteiger partial charge in [-0.2, -0.15) is 0 Å². The minimum absolute atomic E-state index is 0.0259. The van der Waals surface area contributed by atoms with Crippen molar-refractivity contribution in [3.8, 4) is 0 Å². The molecule has 0 aliphatic heterocycles. The van der Waals surface area contributed by atoms with Gasteiger partial charge in [-0.15, -0.1) is 0 Å². The summed E-state index contributed by atoms with van der Waals surface area (Å²) in [4.78, 5) is 20.9. The van der Waals surface area contributed by atoms with E-state index in [4.69, 9.17) is 0 Å². The van der Waals surface area contributed by atoms with Crippen LogP contribution in [0.2, 0.25) is 0 Å². The van der Waals surface area contributed by atoms with Crippen LogP contribution in [0.3, 0.4) is 0 Å². The first-order valence-electron chi connectivity index (χ1n) is 8.35. The molecular formula is C18H33FN2O3. The summed E-state index contributed by atoms with van der Waals surface area (Å²) in [6.45, 7) is 12.4. The molecule has 0 aliphatic rings. The fourth-order valence-corrected chi connectivity index (χ4v) is 1.20. The highest BCUT2D eigenvalue weighted by Crippen LogP contribution is 2.14. The van der Waals surface area contributed by atoms with Gasteiger partial charge in [0, 0.05) is 17.8 Å². The van der Waals surface area contributed by atoms with Gasteiger partial charge in [0.1, 0.15) is 12.4 Å². The van der Waals surface area contributed by atoms with Gasteiger partial charge in [-0.3, -0.25) is 9.59 Å². The number of methoxy groups -OCH3 is 1. The molecule has 0 bridgehead atoms. The van der Waals surface area contributed by atoms with E-state index in [1.54, 1.807) is 6.07 Å². The van der Waals surface area contributed by atoms with Crippen molar-refractivity contribution >= 4 is 18.1 Å². The Morgan fingerprint density at radius 3 is 2.17 bits per heavy atom. The van der Waals surface area contributed by atoms with Gasteiger partial charge in [-0.25, -0.2) is 4.39 Å². The van der Waals surface area contributed by atoms with Crippen molar-refractivity contribution in [3.63, 3.8) is 0 Å². The molecule has 1 aromatic rings. The Morgan fingerprint density at radius 1 is 1.21 bits per heavy atom. The lowest BCUT2D eigenvalue weighted by atomic mass is 10.2. The molecule has 0 saturated carbocycles. The fraction of sp³-hybridized carbons (Fsp3) is 0.556. The molecule has 0 heterocycles. The third-order valence-corrected chi connectivity index (χ3v) is 2.09. The summed E-state index contributed by atoms with van der Waals surface area (Å²) < 4.78 is 17.9. The maximum Gasteiger partial charge on any atom is 0.325 e. The SMILES string of the molecule is CC.CC.CCC.COC(=O)CNc1ccc(CNC=O)c(F)c1. The second-order valence-electron chi connectivity index (χ2n) is 3.94. The molecule has 2 N–H and O–H groups in total. The summed E-state index contributed by atoms with van der Waals surface area (Å²) in [6.07, 6.45) is 1.75. The van der Waals surface area contributed by atoms with Gasteiger partial charge < -0.3 is 15.4 Å². The zero-order chi connectivity index (χ0) is 19.4. The zero-order valence-electron chi connectivity index (χ0n) is 16.0. The van der Waals surface area contributed by atoms with E-state index in [2.05, 4.69) is 29.2 Å². The number of halogens is 1. The predicted molar refractivity (Wildman–Crippen MR) is 98.5 cm³/mol. The number of amides is 1. The third kappa shape index (κ3) is 14.8. The molecule has 1 rings (SSSR count). The van der Waals surface area contributed by atoms with Crippen molar-refractivity contribution in [1.82, 2.24) is 5.32 Å². The van der Waals surface area contributed by atoms with Crippen LogP contribution in [0.1, 0.15) is 53.5 Å². The van der Waals surface area contributed by atoms with Gasteiger partial charge in [-0.05, 0) is 12.1 Å². The first kappa shape index (κ1) is 26.8. The molecule has 0 aliphatic carbocycles. The third-order valence-electron chi connectivity index (χ3n) is 2.09. The molecule has 1 aromatic carbocycles. The molecule has 5 nitrogen and oxygen atoms in total. The normalized spacial score (nSPS) is 8.00. The molecule has 1 amide bonds. The van der Waals surface area contributed by atoms with Crippen LogP contribution in [-0.4, -0.2) is 26.0 Å². The Kier molecular flexibility index (Phi) is 23.3. The molecule has 0 spiro atoms.